The van der Waals surface area contributed by atoms with E-state index in [4.69, 9.17) is 0 Å². The number of sulfonamides is 1. The summed E-state index contributed by atoms with van der Waals surface area (Å²) in [6.45, 7) is 2.81. The molecule has 1 aromatic heterocycles. The molecule has 1 aliphatic heterocycles. The van der Waals surface area contributed by atoms with Gasteiger partial charge in [-0.25, -0.2) is 23.1 Å². The van der Waals surface area contributed by atoms with Gasteiger partial charge in [-0.2, -0.15) is 0 Å². The summed E-state index contributed by atoms with van der Waals surface area (Å²) < 4.78 is 26.7. The number of hydrogen-bond acceptors (Lipinski definition) is 6. The average molecular weight is 361 g/mol. The van der Waals surface area contributed by atoms with E-state index in [-0.39, 0.29) is 5.75 Å². The summed E-state index contributed by atoms with van der Waals surface area (Å²) in [7, 11) is -3.34. The van der Waals surface area contributed by atoms with E-state index in [2.05, 4.69) is 24.9 Å². The minimum Gasteiger partial charge on any atom is -0.369 e. The molecular weight excluding hydrogens is 338 g/mol. The highest BCUT2D eigenvalue weighted by Crippen LogP contribution is 2.19. The Morgan fingerprint density at radius 2 is 1.80 bits per heavy atom. The van der Waals surface area contributed by atoms with Crippen LogP contribution in [0.4, 0.5) is 11.6 Å². The van der Waals surface area contributed by atoms with Crippen molar-refractivity contribution in [1.29, 1.82) is 0 Å². The standard InChI is InChI=1S/C17H23N5O2S/c23-25(24,13-15-6-2-1-3-7-15)21-9-8-18-16-12-17(20-14-19-16)22-10-4-5-11-22/h1-3,6-7,12,14,21H,4-5,8-11,13H2,(H,18,19,20). The van der Waals surface area contributed by atoms with Gasteiger partial charge in [0.25, 0.3) is 0 Å². The first-order valence-corrected chi connectivity index (χ1v) is 10.1. The zero-order chi connectivity index (χ0) is 17.5. The van der Waals surface area contributed by atoms with Crippen molar-refractivity contribution in [2.45, 2.75) is 18.6 Å². The Hall–Kier alpha value is -2.19. The van der Waals surface area contributed by atoms with Crippen LogP contribution >= 0.6 is 0 Å². The zero-order valence-electron chi connectivity index (χ0n) is 14.1. The van der Waals surface area contributed by atoms with E-state index in [1.165, 1.54) is 19.2 Å². The number of hydrogen-bond donors (Lipinski definition) is 2. The second kappa shape index (κ2) is 8.26. The van der Waals surface area contributed by atoms with Gasteiger partial charge in [-0.3, -0.25) is 0 Å². The first-order valence-electron chi connectivity index (χ1n) is 8.44. The highest BCUT2D eigenvalue weighted by atomic mass is 32.2. The summed E-state index contributed by atoms with van der Waals surface area (Å²) in [6, 6.07) is 11.0. The van der Waals surface area contributed by atoms with Crippen molar-refractivity contribution in [3.8, 4) is 0 Å². The molecule has 1 aliphatic rings. The van der Waals surface area contributed by atoms with Crippen LogP contribution < -0.4 is 14.9 Å². The monoisotopic (exact) mass is 361 g/mol. The summed E-state index contributed by atoms with van der Waals surface area (Å²) >= 11 is 0. The van der Waals surface area contributed by atoms with E-state index >= 15 is 0 Å². The van der Waals surface area contributed by atoms with Crippen molar-refractivity contribution in [1.82, 2.24) is 14.7 Å². The molecule has 3 rings (SSSR count). The predicted octanol–water partition coefficient (Wildman–Crippen LogP) is 1.61. The molecule has 0 aliphatic carbocycles. The minimum absolute atomic E-state index is 0.0134. The molecule has 0 unspecified atom stereocenters. The van der Waals surface area contributed by atoms with Crippen LogP contribution in [0.2, 0.25) is 0 Å². The number of rotatable bonds is 8. The molecule has 25 heavy (non-hydrogen) atoms. The van der Waals surface area contributed by atoms with Crippen molar-refractivity contribution >= 4 is 21.7 Å². The maximum atomic E-state index is 12.1. The maximum absolute atomic E-state index is 12.1. The van der Waals surface area contributed by atoms with Crippen molar-refractivity contribution in [2.75, 3.05) is 36.4 Å². The molecule has 0 amide bonds. The molecule has 8 heteroatoms. The summed E-state index contributed by atoms with van der Waals surface area (Å²) in [5.41, 5.74) is 0.772. The lowest BCUT2D eigenvalue weighted by molar-refractivity contribution is 0.582. The van der Waals surface area contributed by atoms with E-state index in [0.29, 0.717) is 18.9 Å². The Balaban J connectivity index is 1.46. The summed E-state index contributed by atoms with van der Waals surface area (Å²) in [6.07, 6.45) is 3.92. The highest BCUT2D eigenvalue weighted by Gasteiger charge is 2.14. The van der Waals surface area contributed by atoms with Crippen LogP contribution in [0, 0.1) is 0 Å². The van der Waals surface area contributed by atoms with Crippen LogP contribution in [0.25, 0.3) is 0 Å². The third-order valence-electron chi connectivity index (χ3n) is 4.04. The lowest BCUT2D eigenvalue weighted by atomic mass is 10.2. The van der Waals surface area contributed by atoms with Gasteiger partial charge in [0.1, 0.15) is 18.0 Å². The molecule has 7 nitrogen and oxygen atoms in total. The number of anilines is 2. The van der Waals surface area contributed by atoms with E-state index in [1.54, 1.807) is 12.1 Å². The highest BCUT2D eigenvalue weighted by molar-refractivity contribution is 7.88. The zero-order valence-corrected chi connectivity index (χ0v) is 14.9. The molecule has 2 N–H and O–H groups in total. The number of aromatic nitrogens is 2. The molecule has 1 saturated heterocycles. The Kier molecular flexibility index (Phi) is 5.83. The average Bonchev–Trinajstić information content (AvgIpc) is 3.14. The van der Waals surface area contributed by atoms with Gasteiger partial charge in [-0.1, -0.05) is 30.3 Å². The van der Waals surface area contributed by atoms with Gasteiger partial charge in [0.05, 0.1) is 5.75 Å². The summed E-state index contributed by atoms with van der Waals surface area (Å²) in [5, 5.41) is 3.14. The van der Waals surface area contributed by atoms with Crippen LogP contribution in [0.1, 0.15) is 18.4 Å². The van der Waals surface area contributed by atoms with Crippen molar-refractivity contribution < 1.29 is 8.42 Å². The van der Waals surface area contributed by atoms with Gasteiger partial charge < -0.3 is 10.2 Å². The first kappa shape index (κ1) is 17.6. The van der Waals surface area contributed by atoms with E-state index in [1.807, 2.05) is 24.3 Å². The normalized spacial score (nSPS) is 14.6. The lowest BCUT2D eigenvalue weighted by Gasteiger charge is -2.16. The molecule has 134 valence electrons. The van der Waals surface area contributed by atoms with Crippen LogP contribution in [-0.4, -0.2) is 44.6 Å². The molecule has 0 saturated carbocycles. The fourth-order valence-corrected chi connectivity index (χ4v) is 3.95. The van der Waals surface area contributed by atoms with E-state index < -0.39 is 10.0 Å². The number of nitrogens with zero attached hydrogens (tertiary/aromatic N) is 3. The molecule has 2 aromatic rings. The quantitative estimate of drug-likeness (QED) is 0.695. The maximum Gasteiger partial charge on any atom is 0.215 e. The molecule has 1 fully saturated rings. The van der Waals surface area contributed by atoms with E-state index in [0.717, 1.165) is 24.5 Å². The fourth-order valence-electron chi connectivity index (χ4n) is 2.80. The van der Waals surface area contributed by atoms with Gasteiger partial charge in [-0.05, 0) is 18.4 Å². The number of nitrogens with one attached hydrogen (secondary N) is 2. The molecule has 0 spiro atoms. The smallest absolute Gasteiger partial charge is 0.215 e. The van der Waals surface area contributed by atoms with E-state index in [9.17, 15) is 8.42 Å². The largest absolute Gasteiger partial charge is 0.369 e. The van der Waals surface area contributed by atoms with Crippen LogP contribution in [-0.2, 0) is 15.8 Å². The number of benzene rings is 1. The first-order chi connectivity index (χ1) is 12.1. The molecule has 0 atom stereocenters. The van der Waals surface area contributed by atoms with Crippen LogP contribution in [0.15, 0.2) is 42.7 Å². The lowest BCUT2D eigenvalue weighted by Crippen LogP contribution is -2.30. The van der Waals surface area contributed by atoms with Gasteiger partial charge in [0, 0.05) is 32.2 Å². The van der Waals surface area contributed by atoms with Gasteiger partial charge in [0.2, 0.25) is 10.0 Å². The molecule has 0 radical (unpaired) electrons. The molecular formula is C17H23N5O2S. The Bertz CT molecular complexity index is 777. The third kappa shape index (κ3) is 5.40. The van der Waals surface area contributed by atoms with Crippen LogP contribution in [0.5, 0.6) is 0 Å². The summed E-state index contributed by atoms with van der Waals surface area (Å²) in [4.78, 5) is 10.7. The van der Waals surface area contributed by atoms with Gasteiger partial charge in [0.15, 0.2) is 0 Å². The van der Waals surface area contributed by atoms with Crippen LogP contribution in [0.3, 0.4) is 0 Å². The third-order valence-corrected chi connectivity index (χ3v) is 5.39. The van der Waals surface area contributed by atoms with Crippen molar-refractivity contribution in [3.63, 3.8) is 0 Å². The molecule has 1 aromatic carbocycles. The Morgan fingerprint density at radius 1 is 1.04 bits per heavy atom. The van der Waals surface area contributed by atoms with Crippen molar-refractivity contribution in [3.05, 3.63) is 48.3 Å². The van der Waals surface area contributed by atoms with Crippen molar-refractivity contribution in [2.24, 2.45) is 0 Å². The Morgan fingerprint density at radius 3 is 2.56 bits per heavy atom. The second-order valence-corrected chi connectivity index (χ2v) is 7.83. The second-order valence-electron chi connectivity index (χ2n) is 6.02. The topological polar surface area (TPSA) is 87.2 Å². The Labute approximate surface area is 148 Å². The summed E-state index contributed by atoms with van der Waals surface area (Å²) in [5.74, 6) is 1.61. The van der Waals surface area contributed by atoms with Gasteiger partial charge >= 0.3 is 0 Å². The minimum atomic E-state index is -3.34. The van der Waals surface area contributed by atoms with Gasteiger partial charge in [-0.15, -0.1) is 0 Å². The molecule has 2 heterocycles. The molecule has 0 bridgehead atoms. The predicted molar refractivity (Wildman–Crippen MR) is 99.0 cm³/mol. The fraction of sp³-hybridized carbons (Fsp3) is 0.412. The SMILES string of the molecule is O=S(=O)(Cc1ccccc1)NCCNc1cc(N2CCCC2)ncn1.